The molecule has 1 fully saturated rings. The van der Waals surface area contributed by atoms with Crippen LogP contribution in [0.15, 0.2) is 103 Å². The van der Waals surface area contributed by atoms with E-state index in [2.05, 4.69) is 6.58 Å². The topological polar surface area (TPSA) is 66.8 Å². The number of allylic oxidation sites excluding steroid dienone is 3. The van der Waals surface area contributed by atoms with Gasteiger partial charge in [0.05, 0.1) is 23.6 Å². The van der Waals surface area contributed by atoms with Crippen LogP contribution in [0.25, 0.3) is 0 Å². The molecule has 1 aliphatic heterocycles. The molecule has 0 spiro atoms. The van der Waals surface area contributed by atoms with Crippen molar-refractivity contribution in [3.05, 3.63) is 119 Å². The lowest BCUT2D eigenvalue weighted by Gasteiger charge is -2.43. The van der Waals surface area contributed by atoms with E-state index in [9.17, 15) is 14.7 Å². The number of ether oxygens (including phenoxy) is 1. The maximum atomic E-state index is 14.7. The Balaban J connectivity index is 1.80. The summed E-state index contributed by atoms with van der Waals surface area (Å²) in [6.07, 6.45) is 4.15. The molecule has 1 N–H and O–H groups in total. The molecule has 3 aromatic carbocycles. The number of halogens is 1. The second kappa shape index (κ2) is 9.76. The number of hydrogen-bond acceptors (Lipinski definition) is 4. The zero-order chi connectivity index (χ0) is 25.3. The monoisotopic (exact) mass is 499 g/mol. The molecule has 0 aromatic heterocycles. The molecule has 3 atom stereocenters. The van der Waals surface area contributed by atoms with Gasteiger partial charge in [-0.05, 0) is 41.8 Å². The highest BCUT2D eigenvalue weighted by Crippen LogP contribution is 2.59. The standard InChI is InChI=1S/C30H26ClNO4/c1-2-20-15-16-25-28(34)32(23-12-8-11-22(31)19-23)29(35)30(25,21-9-4-3-5-10-21)27(20)24-13-6-7-14-26(24)36-18-17-33/h2-15,19,25,27,33H,1,16-18H2. The Kier molecular flexibility index (Phi) is 6.52. The summed E-state index contributed by atoms with van der Waals surface area (Å²) in [5, 5.41) is 9.84. The first-order valence-corrected chi connectivity index (χ1v) is 12.3. The predicted molar refractivity (Wildman–Crippen MR) is 140 cm³/mol. The number of carbonyl (C=O) groups is 2. The van der Waals surface area contributed by atoms with Crippen LogP contribution in [0.2, 0.25) is 5.02 Å². The summed E-state index contributed by atoms with van der Waals surface area (Å²) in [6, 6.07) is 23.8. The van der Waals surface area contributed by atoms with Gasteiger partial charge in [0.15, 0.2) is 0 Å². The van der Waals surface area contributed by atoms with Gasteiger partial charge < -0.3 is 9.84 Å². The fraction of sp³-hybridized carbons (Fsp3) is 0.200. The summed E-state index contributed by atoms with van der Waals surface area (Å²) in [5.74, 6) is -1.18. The smallest absolute Gasteiger partial charge is 0.246 e. The van der Waals surface area contributed by atoms with E-state index in [0.29, 0.717) is 22.9 Å². The molecular weight excluding hydrogens is 474 g/mol. The third kappa shape index (κ3) is 3.67. The number of imide groups is 1. The minimum absolute atomic E-state index is 0.111. The number of aliphatic hydroxyl groups is 1. The zero-order valence-electron chi connectivity index (χ0n) is 19.6. The molecule has 1 aliphatic carbocycles. The average Bonchev–Trinajstić information content (AvgIpc) is 3.14. The van der Waals surface area contributed by atoms with Crippen LogP contribution in [0, 0.1) is 5.92 Å². The molecule has 1 saturated heterocycles. The van der Waals surface area contributed by atoms with Gasteiger partial charge in [-0.2, -0.15) is 0 Å². The molecule has 182 valence electrons. The molecule has 2 amide bonds. The second-order valence-electron chi connectivity index (χ2n) is 8.93. The fourth-order valence-corrected chi connectivity index (χ4v) is 5.91. The summed E-state index contributed by atoms with van der Waals surface area (Å²) in [5.41, 5.74) is 1.60. The fourth-order valence-electron chi connectivity index (χ4n) is 5.73. The number of rotatable bonds is 7. The second-order valence-corrected chi connectivity index (χ2v) is 9.37. The Labute approximate surface area is 215 Å². The van der Waals surface area contributed by atoms with Crippen LogP contribution in [0.1, 0.15) is 23.5 Å². The maximum Gasteiger partial charge on any atom is 0.246 e. The van der Waals surface area contributed by atoms with Gasteiger partial charge >= 0.3 is 0 Å². The summed E-state index contributed by atoms with van der Waals surface area (Å²) >= 11 is 6.25. The van der Waals surface area contributed by atoms with Crippen LogP contribution >= 0.6 is 11.6 Å². The molecule has 0 radical (unpaired) electrons. The number of hydrogen-bond donors (Lipinski definition) is 1. The first-order valence-electron chi connectivity index (χ1n) is 11.9. The van der Waals surface area contributed by atoms with Crippen LogP contribution in [0.4, 0.5) is 5.69 Å². The van der Waals surface area contributed by atoms with Crippen molar-refractivity contribution in [3.8, 4) is 5.75 Å². The molecule has 0 saturated carbocycles. The summed E-state index contributed by atoms with van der Waals surface area (Å²) in [7, 11) is 0. The van der Waals surface area contributed by atoms with Gasteiger partial charge in [0.1, 0.15) is 12.4 Å². The van der Waals surface area contributed by atoms with E-state index in [0.717, 1.165) is 16.7 Å². The summed E-state index contributed by atoms with van der Waals surface area (Å²) in [4.78, 5) is 30.0. The highest BCUT2D eigenvalue weighted by molar-refractivity contribution is 6.32. The molecule has 5 rings (SSSR count). The number of aliphatic hydroxyl groups excluding tert-OH is 1. The molecule has 36 heavy (non-hydrogen) atoms. The van der Waals surface area contributed by atoms with E-state index >= 15 is 0 Å². The summed E-state index contributed by atoms with van der Waals surface area (Å²) < 4.78 is 5.91. The van der Waals surface area contributed by atoms with Crippen LogP contribution in [-0.2, 0) is 15.0 Å². The lowest BCUT2D eigenvalue weighted by molar-refractivity contribution is -0.123. The third-order valence-electron chi connectivity index (χ3n) is 7.14. The SMILES string of the molecule is C=CC1=CCC2C(=O)N(c3cccc(Cl)c3)C(=O)C2(c2ccccc2)C1c1ccccc1OCCO. The van der Waals surface area contributed by atoms with Crippen molar-refractivity contribution < 1.29 is 19.4 Å². The highest BCUT2D eigenvalue weighted by atomic mass is 35.5. The first-order chi connectivity index (χ1) is 17.5. The van der Waals surface area contributed by atoms with Crippen molar-refractivity contribution in [3.63, 3.8) is 0 Å². The lowest BCUT2D eigenvalue weighted by atomic mass is 9.56. The van der Waals surface area contributed by atoms with Crippen LogP contribution in [-0.4, -0.2) is 30.1 Å². The van der Waals surface area contributed by atoms with Crippen molar-refractivity contribution in [2.45, 2.75) is 17.8 Å². The number of benzene rings is 3. The Morgan fingerprint density at radius 2 is 1.81 bits per heavy atom. The van der Waals surface area contributed by atoms with Gasteiger partial charge in [0.25, 0.3) is 0 Å². The summed E-state index contributed by atoms with van der Waals surface area (Å²) in [6.45, 7) is 4.02. The van der Waals surface area contributed by atoms with Gasteiger partial charge in [-0.25, -0.2) is 4.90 Å². The van der Waals surface area contributed by atoms with Crippen molar-refractivity contribution in [2.75, 3.05) is 18.1 Å². The largest absolute Gasteiger partial charge is 0.491 e. The Bertz CT molecular complexity index is 1350. The molecular formula is C30H26ClNO4. The van der Waals surface area contributed by atoms with E-state index in [1.54, 1.807) is 30.3 Å². The van der Waals surface area contributed by atoms with Crippen LogP contribution in [0.5, 0.6) is 5.75 Å². The number of fused-ring (bicyclic) bond motifs is 1. The van der Waals surface area contributed by atoms with E-state index in [1.807, 2.05) is 60.7 Å². The molecule has 0 bridgehead atoms. The quantitative estimate of drug-likeness (QED) is 0.440. The number of nitrogens with zero attached hydrogens (tertiary/aromatic N) is 1. The Morgan fingerprint density at radius 1 is 1.06 bits per heavy atom. The van der Waals surface area contributed by atoms with Gasteiger partial charge in [-0.1, -0.05) is 84.9 Å². The van der Waals surface area contributed by atoms with Crippen LogP contribution < -0.4 is 9.64 Å². The Morgan fingerprint density at radius 3 is 2.53 bits per heavy atom. The highest BCUT2D eigenvalue weighted by Gasteiger charge is 2.66. The van der Waals surface area contributed by atoms with Crippen molar-refractivity contribution in [1.82, 2.24) is 0 Å². The number of carbonyl (C=O) groups excluding carboxylic acids is 2. The lowest BCUT2D eigenvalue weighted by Crippen LogP contribution is -2.48. The molecule has 2 aliphatic rings. The van der Waals surface area contributed by atoms with E-state index in [-0.39, 0.29) is 25.0 Å². The normalized spacial score (nSPS) is 23.3. The maximum absolute atomic E-state index is 14.7. The van der Waals surface area contributed by atoms with Crippen molar-refractivity contribution >= 4 is 29.1 Å². The zero-order valence-corrected chi connectivity index (χ0v) is 20.4. The average molecular weight is 500 g/mol. The molecule has 3 aromatic rings. The molecule has 6 heteroatoms. The van der Waals surface area contributed by atoms with Gasteiger partial charge in [0.2, 0.25) is 11.8 Å². The van der Waals surface area contributed by atoms with Gasteiger partial charge in [0, 0.05) is 16.5 Å². The predicted octanol–water partition coefficient (Wildman–Crippen LogP) is 5.44. The minimum atomic E-state index is -1.22. The van der Waals surface area contributed by atoms with Crippen molar-refractivity contribution in [2.24, 2.45) is 5.92 Å². The van der Waals surface area contributed by atoms with Crippen LogP contribution in [0.3, 0.4) is 0 Å². The Hall–Kier alpha value is -3.67. The minimum Gasteiger partial charge on any atom is -0.491 e. The number of anilines is 1. The van der Waals surface area contributed by atoms with E-state index in [1.165, 1.54) is 4.90 Å². The van der Waals surface area contributed by atoms with Gasteiger partial charge in [-0.15, -0.1) is 0 Å². The molecule has 1 heterocycles. The van der Waals surface area contributed by atoms with Gasteiger partial charge in [-0.3, -0.25) is 9.59 Å². The van der Waals surface area contributed by atoms with Crippen molar-refractivity contribution in [1.29, 1.82) is 0 Å². The first kappa shape index (κ1) is 24.0. The number of amides is 2. The molecule has 5 nitrogen and oxygen atoms in total. The number of para-hydroxylation sites is 1. The van der Waals surface area contributed by atoms with E-state index in [4.69, 9.17) is 16.3 Å². The third-order valence-corrected chi connectivity index (χ3v) is 7.37. The van der Waals surface area contributed by atoms with E-state index < -0.39 is 17.3 Å². The molecule has 3 unspecified atom stereocenters.